The summed E-state index contributed by atoms with van der Waals surface area (Å²) in [5.41, 5.74) is 4.72. The van der Waals surface area contributed by atoms with E-state index in [0.29, 0.717) is 5.41 Å². The molecule has 0 spiro atoms. The number of benzene rings is 1. The van der Waals surface area contributed by atoms with Crippen LogP contribution in [0.3, 0.4) is 0 Å². The van der Waals surface area contributed by atoms with Gasteiger partial charge in [-0.2, -0.15) is 0 Å². The first-order valence-electron chi connectivity index (χ1n) is 6.74. The van der Waals surface area contributed by atoms with Crippen LogP contribution >= 0.6 is 15.9 Å². The molecule has 0 fully saturated rings. The maximum atomic E-state index is 3.62. The third-order valence-electron chi connectivity index (χ3n) is 4.37. The Bertz CT molecular complexity index is 589. The van der Waals surface area contributed by atoms with Crippen molar-refractivity contribution in [3.05, 3.63) is 33.9 Å². The number of halogens is 1. The van der Waals surface area contributed by atoms with Crippen molar-refractivity contribution in [2.45, 2.75) is 40.0 Å². The molecule has 3 rings (SSSR count). The first-order chi connectivity index (χ1) is 8.45. The number of nitrogens with one attached hydrogen (secondary N) is 1. The molecule has 1 nitrogen and oxygen atoms in total. The van der Waals surface area contributed by atoms with E-state index in [0.717, 1.165) is 5.92 Å². The van der Waals surface area contributed by atoms with Crippen LogP contribution in [0, 0.1) is 11.3 Å². The number of H-pyrrole nitrogens is 1. The molecule has 1 atom stereocenters. The maximum Gasteiger partial charge on any atom is 0.0459 e. The van der Waals surface area contributed by atoms with E-state index in [9.17, 15) is 0 Å². The predicted molar refractivity (Wildman–Crippen MR) is 81.0 cm³/mol. The third-order valence-corrected chi connectivity index (χ3v) is 4.87. The lowest BCUT2D eigenvalue weighted by molar-refractivity contribution is 0.215. The first kappa shape index (κ1) is 12.3. The van der Waals surface area contributed by atoms with Gasteiger partial charge in [0.15, 0.2) is 0 Å². The Morgan fingerprint density at radius 2 is 2.06 bits per heavy atom. The second-order valence-electron chi connectivity index (χ2n) is 6.58. The smallest absolute Gasteiger partial charge is 0.0459 e. The zero-order chi connectivity index (χ0) is 12.9. The lowest BCUT2D eigenvalue weighted by atomic mass is 9.72. The monoisotopic (exact) mass is 305 g/mol. The van der Waals surface area contributed by atoms with Crippen molar-refractivity contribution in [2.75, 3.05) is 0 Å². The van der Waals surface area contributed by atoms with Crippen LogP contribution < -0.4 is 0 Å². The van der Waals surface area contributed by atoms with E-state index in [2.05, 4.69) is 59.9 Å². The Kier molecular flexibility index (Phi) is 2.81. The zero-order valence-electron chi connectivity index (χ0n) is 11.3. The van der Waals surface area contributed by atoms with E-state index in [1.54, 1.807) is 5.56 Å². The quantitative estimate of drug-likeness (QED) is 0.698. The van der Waals surface area contributed by atoms with Crippen molar-refractivity contribution in [3.8, 4) is 0 Å². The summed E-state index contributed by atoms with van der Waals surface area (Å²) in [5, 5.41) is 1.41. The van der Waals surface area contributed by atoms with Crippen LogP contribution in [-0.2, 0) is 12.8 Å². The average molecular weight is 306 g/mol. The fourth-order valence-electron chi connectivity index (χ4n) is 3.14. The van der Waals surface area contributed by atoms with Crippen LogP contribution in [0.15, 0.2) is 22.7 Å². The van der Waals surface area contributed by atoms with Gasteiger partial charge in [0, 0.05) is 21.1 Å². The Morgan fingerprint density at radius 3 is 2.78 bits per heavy atom. The summed E-state index contributed by atoms with van der Waals surface area (Å²) in [6.07, 6.45) is 3.73. The molecule has 1 heterocycles. The van der Waals surface area contributed by atoms with E-state index < -0.39 is 0 Å². The van der Waals surface area contributed by atoms with Crippen LogP contribution in [-0.4, -0.2) is 4.98 Å². The summed E-state index contributed by atoms with van der Waals surface area (Å²) in [6.45, 7) is 7.09. The Labute approximate surface area is 117 Å². The van der Waals surface area contributed by atoms with Crippen molar-refractivity contribution >= 4 is 26.8 Å². The van der Waals surface area contributed by atoms with Crippen LogP contribution in [0.4, 0.5) is 0 Å². The molecular weight excluding hydrogens is 286 g/mol. The number of aryl methyl sites for hydroxylation is 1. The molecule has 1 N–H and O–H groups in total. The van der Waals surface area contributed by atoms with Gasteiger partial charge in [0.1, 0.15) is 0 Å². The highest BCUT2D eigenvalue weighted by Crippen LogP contribution is 2.39. The van der Waals surface area contributed by atoms with E-state index in [1.165, 1.54) is 40.3 Å². The number of fused-ring (bicyclic) bond motifs is 3. The van der Waals surface area contributed by atoms with E-state index in [1.807, 2.05) is 0 Å². The number of hydrogen-bond acceptors (Lipinski definition) is 0. The molecule has 1 aliphatic rings. The topological polar surface area (TPSA) is 15.8 Å². The molecule has 0 bridgehead atoms. The van der Waals surface area contributed by atoms with Crippen molar-refractivity contribution in [3.63, 3.8) is 0 Å². The summed E-state index contributed by atoms with van der Waals surface area (Å²) >= 11 is 3.57. The SMILES string of the molecule is CC(C)(C)C1CCc2c([nH]c3ccc(Br)cc23)C1. The summed E-state index contributed by atoms with van der Waals surface area (Å²) in [6, 6.07) is 6.55. The van der Waals surface area contributed by atoms with Gasteiger partial charge in [-0.05, 0) is 54.4 Å². The third kappa shape index (κ3) is 2.01. The van der Waals surface area contributed by atoms with Gasteiger partial charge in [0.2, 0.25) is 0 Å². The van der Waals surface area contributed by atoms with Crippen molar-refractivity contribution in [2.24, 2.45) is 11.3 Å². The van der Waals surface area contributed by atoms with Crippen molar-refractivity contribution in [1.29, 1.82) is 0 Å². The minimum absolute atomic E-state index is 0.412. The second-order valence-corrected chi connectivity index (χ2v) is 7.49. The Hall–Kier alpha value is -0.760. The average Bonchev–Trinajstić information content (AvgIpc) is 2.65. The van der Waals surface area contributed by atoms with E-state index >= 15 is 0 Å². The molecule has 1 aromatic heterocycles. The Balaban J connectivity index is 2.05. The van der Waals surface area contributed by atoms with Crippen LogP contribution in [0.5, 0.6) is 0 Å². The summed E-state index contributed by atoms with van der Waals surface area (Å²) < 4.78 is 1.18. The van der Waals surface area contributed by atoms with Crippen LogP contribution in [0.25, 0.3) is 10.9 Å². The molecule has 1 aromatic carbocycles. The van der Waals surface area contributed by atoms with Crippen LogP contribution in [0.2, 0.25) is 0 Å². The zero-order valence-corrected chi connectivity index (χ0v) is 12.9. The van der Waals surface area contributed by atoms with Crippen molar-refractivity contribution in [1.82, 2.24) is 4.98 Å². The molecule has 0 saturated carbocycles. The second kappa shape index (κ2) is 4.12. The summed E-state index contributed by atoms with van der Waals surface area (Å²) in [7, 11) is 0. The highest BCUT2D eigenvalue weighted by molar-refractivity contribution is 9.10. The molecule has 0 amide bonds. The van der Waals surface area contributed by atoms with Gasteiger partial charge < -0.3 is 4.98 Å². The van der Waals surface area contributed by atoms with Gasteiger partial charge in [0.25, 0.3) is 0 Å². The summed E-state index contributed by atoms with van der Waals surface area (Å²) in [5.74, 6) is 0.793. The fourth-order valence-corrected chi connectivity index (χ4v) is 3.50. The van der Waals surface area contributed by atoms with E-state index in [4.69, 9.17) is 0 Å². The molecule has 0 radical (unpaired) electrons. The molecule has 0 aliphatic heterocycles. The van der Waals surface area contributed by atoms with Crippen LogP contribution in [0.1, 0.15) is 38.4 Å². The highest BCUT2D eigenvalue weighted by Gasteiger charge is 2.30. The molecule has 1 aliphatic carbocycles. The van der Waals surface area contributed by atoms with E-state index in [-0.39, 0.29) is 0 Å². The van der Waals surface area contributed by atoms with Gasteiger partial charge in [-0.15, -0.1) is 0 Å². The molecule has 2 aromatic rings. The fraction of sp³-hybridized carbons (Fsp3) is 0.500. The lowest BCUT2D eigenvalue weighted by Crippen LogP contribution is -2.26. The molecule has 18 heavy (non-hydrogen) atoms. The van der Waals surface area contributed by atoms with Gasteiger partial charge in [-0.3, -0.25) is 0 Å². The molecular formula is C16H20BrN. The molecule has 96 valence electrons. The number of hydrogen-bond donors (Lipinski definition) is 1. The standard InChI is InChI=1S/C16H20BrN/c1-16(2,3)10-4-6-12-13-9-11(17)5-7-14(13)18-15(12)8-10/h5,7,9-10,18H,4,6,8H2,1-3H3. The number of aromatic amines is 1. The predicted octanol–water partition coefficient (Wildman–Crippen LogP) is 5.08. The van der Waals surface area contributed by atoms with Gasteiger partial charge in [-0.1, -0.05) is 36.7 Å². The van der Waals surface area contributed by atoms with Gasteiger partial charge >= 0.3 is 0 Å². The summed E-state index contributed by atoms with van der Waals surface area (Å²) in [4.78, 5) is 3.62. The number of aromatic nitrogens is 1. The Morgan fingerprint density at radius 1 is 1.28 bits per heavy atom. The molecule has 1 unspecified atom stereocenters. The van der Waals surface area contributed by atoms with Crippen molar-refractivity contribution < 1.29 is 0 Å². The largest absolute Gasteiger partial charge is 0.358 e. The lowest BCUT2D eigenvalue weighted by Gasteiger charge is -2.33. The minimum atomic E-state index is 0.412. The number of rotatable bonds is 0. The molecule has 2 heteroatoms. The van der Waals surface area contributed by atoms with Gasteiger partial charge in [0.05, 0.1) is 0 Å². The molecule has 0 saturated heterocycles. The highest BCUT2D eigenvalue weighted by atomic mass is 79.9. The minimum Gasteiger partial charge on any atom is -0.358 e. The maximum absolute atomic E-state index is 3.62. The normalized spacial score (nSPS) is 20.1. The first-order valence-corrected chi connectivity index (χ1v) is 7.53. The van der Waals surface area contributed by atoms with Gasteiger partial charge in [-0.25, -0.2) is 0 Å².